The fourth-order valence-corrected chi connectivity index (χ4v) is 1.74. The van der Waals surface area contributed by atoms with Crippen LogP contribution in [0, 0.1) is 0 Å². The Bertz CT molecular complexity index is 276. The summed E-state index contributed by atoms with van der Waals surface area (Å²) in [6.45, 7) is 5.02. The molecule has 0 aromatic rings. The summed E-state index contributed by atoms with van der Waals surface area (Å²) >= 11 is 0. The molecule has 1 rings (SSSR count). The first-order valence-electron chi connectivity index (χ1n) is 5.85. The number of nitrogens with one attached hydrogen (secondary N) is 1. The Morgan fingerprint density at radius 2 is 2.28 bits per heavy atom. The standard InChI is InChI=1S/C11H20N2O4.ClH/c1-3-17-7-6-13-5-4-12-9(11(13)15)8-10(14)16-2;/h9,12H,3-8H2,1-2H3;1H. The monoisotopic (exact) mass is 280 g/mol. The van der Waals surface area contributed by atoms with Gasteiger partial charge in [0.05, 0.1) is 26.2 Å². The molecule has 6 nitrogen and oxygen atoms in total. The van der Waals surface area contributed by atoms with Crippen molar-refractivity contribution in [3.05, 3.63) is 0 Å². The minimum Gasteiger partial charge on any atom is -0.469 e. The third kappa shape index (κ3) is 5.20. The van der Waals surface area contributed by atoms with E-state index in [1.165, 1.54) is 7.11 Å². The second-order valence-corrected chi connectivity index (χ2v) is 3.81. The van der Waals surface area contributed by atoms with Gasteiger partial charge in [-0.15, -0.1) is 12.4 Å². The summed E-state index contributed by atoms with van der Waals surface area (Å²) in [5.41, 5.74) is 0. The van der Waals surface area contributed by atoms with E-state index in [9.17, 15) is 9.59 Å². The molecule has 0 aliphatic carbocycles. The number of hydrogen-bond donors (Lipinski definition) is 1. The molecule has 1 saturated heterocycles. The first-order valence-corrected chi connectivity index (χ1v) is 5.85. The molecule has 1 N–H and O–H groups in total. The maximum absolute atomic E-state index is 12.0. The van der Waals surface area contributed by atoms with Crippen molar-refractivity contribution in [1.29, 1.82) is 0 Å². The molecular formula is C11H21ClN2O4. The van der Waals surface area contributed by atoms with Crippen molar-refractivity contribution in [1.82, 2.24) is 10.2 Å². The number of esters is 1. The largest absolute Gasteiger partial charge is 0.469 e. The van der Waals surface area contributed by atoms with E-state index in [1.807, 2.05) is 6.92 Å². The molecular weight excluding hydrogens is 260 g/mol. The number of carbonyl (C=O) groups is 2. The molecule has 1 aliphatic rings. The number of rotatable bonds is 6. The molecule has 1 heterocycles. The molecule has 0 radical (unpaired) electrons. The van der Waals surface area contributed by atoms with Crippen LogP contribution in [0.15, 0.2) is 0 Å². The normalized spacial score (nSPS) is 19.3. The van der Waals surface area contributed by atoms with Crippen LogP contribution in [0.1, 0.15) is 13.3 Å². The Morgan fingerprint density at radius 3 is 2.89 bits per heavy atom. The van der Waals surface area contributed by atoms with Crippen molar-refractivity contribution >= 4 is 24.3 Å². The minimum atomic E-state index is -0.460. The minimum absolute atomic E-state index is 0. The van der Waals surface area contributed by atoms with Crippen molar-refractivity contribution in [3.8, 4) is 0 Å². The zero-order valence-electron chi connectivity index (χ0n) is 10.8. The van der Waals surface area contributed by atoms with Crippen molar-refractivity contribution in [3.63, 3.8) is 0 Å². The smallest absolute Gasteiger partial charge is 0.307 e. The number of nitrogens with zero attached hydrogens (tertiary/aromatic N) is 1. The highest BCUT2D eigenvalue weighted by Crippen LogP contribution is 2.05. The van der Waals surface area contributed by atoms with E-state index in [2.05, 4.69) is 10.1 Å². The number of methoxy groups -OCH3 is 1. The van der Waals surface area contributed by atoms with Crippen LogP contribution in [0.2, 0.25) is 0 Å². The first-order chi connectivity index (χ1) is 8.19. The highest BCUT2D eigenvalue weighted by Gasteiger charge is 2.29. The predicted molar refractivity (Wildman–Crippen MR) is 68.7 cm³/mol. The van der Waals surface area contributed by atoms with Gasteiger partial charge in [-0.25, -0.2) is 0 Å². The molecule has 106 valence electrons. The maximum atomic E-state index is 12.0. The average molecular weight is 281 g/mol. The van der Waals surface area contributed by atoms with Crippen molar-refractivity contribution in [2.75, 3.05) is 40.0 Å². The zero-order valence-corrected chi connectivity index (χ0v) is 11.6. The van der Waals surface area contributed by atoms with Gasteiger partial charge in [-0.2, -0.15) is 0 Å². The van der Waals surface area contributed by atoms with Crippen LogP contribution in [0.4, 0.5) is 0 Å². The van der Waals surface area contributed by atoms with Crippen molar-refractivity contribution < 1.29 is 19.1 Å². The summed E-state index contributed by atoms with van der Waals surface area (Å²) in [5, 5.41) is 3.02. The van der Waals surface area contributed by atoms with Crippen molar-refractivity contribution in [2.24, 2.45) is 0 Å². The highest BCUT2D eigenvalue weighted by molar-refractivity contribution is 5.87. The van der Waals surface area contributed by atoms with Gasteiger partial charge in [-0.3, -0.25) is 9.59 Å². The third-order valence-corrected chi connectivity index (χ3v) is 2.69. The summed E-state index contributed by atoms with van der Waals surface area (Å²) in [6.07, 6.45) is 0.0838. The predicted octanol–water partition coefficient (Wildman–Crippen LogP) is -0.192. The molecule has 0 saturated carbocycles. The Balaban J connectivity index is 0.00000289. The van der Waals surface area contributed by atoms with E-state index in [-0.39, 0.29) is 30.7 Å². The van der Waals surface area contributed by atoms with Crippen LogP contribution in [0.25, 0.3) is 0 Å². The van der Waals surface area contributed by atoms with Gasteiger partial charge in [0, 0.05) is 26.2 Å². The number of halogens is 1. The van der Waals surface area contributed by atoms with E-state index >= 15 is 0 Å². The maximum Gasteiger partial charge on any atom is 0.307 e. The van der Waals surface area contributed by atoms with Gasteiger partial charge in [-0.1, -0.05) is 0 Å². The molecule has 1 atom stereocenters. The molecule has 18 heavy (non-hydrogen) atoms. The molecule has 0 bridgehead atoms. The molecule has 1 aliphatic heterocycles. The van der Waals surface area contributed by atoms with Crippen molar-refractivity contribution in [2.45, 2.75) is 19.4 Å². The van der Waals surface area contributed by atoms with Gasteiger partial charge >= 0.3 is 5.97 Å². The lowest BCUT2D eigenvalue weighted by Crippen LogP contribution is -2.56. The summed E-state index contributed by atoms with van der Waals surface area (Å²) < 4.78 is 9.78. The summed E-state index contributed by atoms with van der Waals surface area (Å²) in [4.78, 5) is 24.8. The highest BCUT2D eigenvalue weighted by atomic mass is 35.5. The van der Waals surface area contributed by atoms with Crippen LogP contribution in [0.5, 0.6) is 0 Å². The number of piperazine rings is 1. The van der Waals surface area contributed by atoms with Gasteiger partial charge < -0.3 is 19.7 Å². The quantitative estimate of drug-likeness (QED) is 0.539. The van der Waals surface area contributed by atoms with Crippen LogP contribution in [-0.4, -0.2) is 62.8 Å². The number of ether oxygens (including phenoxy) is 2. The van der Waals surface area contributed by atoms with Gasteiger partial charge in [0.25, 0.3) is 0 Å². The van der Waals surface area contributed by atoms with E-state index in [0.29, 0.717) is 32.8 Å². The van der Waals surface area contributed by atoms with Crippen LogP contribution in [-0.2, 0) is 19.1 Å². The number of carbonyl (C=O) groups excluding carboxylic acids is 2. The third-order valence-electron chi connectivity index (χ3n) is 2.69. The van der Waals surface area contributed by atoms with E-state index in [1.54, 1.807) is 4.90 Å². The lowest BCUT2D eigenvalue weighted by molar-refractivity contribution is -0.146. The fourth-order valence-electron chi connectivity index (χ4n) is 1.74. The Labute approximate surface area is 113 Å². The van der Waals surface area contributed by atoms with Gasteiger partial charge in [0.15, 0.2) is 0 Å². The Hall–Kier alpha value is -0.850. The molecule has 1 fully saturated rings. The zero-order chi connectivity index (χ0) is 12.7. The second kappa shape index (κ2) is 9.13. The van der Waals surface area contributed by atoms with Crippen LogP contribution < -0.4 is 5.32 Å². The van der Waals surface area contributed by atoms with Gasteiger partial charge in [0.2, 0.25) is 5.91 Å². The van der Waals surface area contributed by atoms with Gasteiger partial charge in [0.1, 0.15) is 0 Å². The fraction of sp³-hybridized carbons (Fsp3) is 0.818. The molecule has 0 aromatic carbocycles. The Kier molecular flexibility index (Phi) is 8.70. The summed E-state index contributed by atoms with van der Waals surface area (Å²) in [6, 6.07) is -0.460. The summed E-state index contributed by atoms with van der Waals surface area (Å²) in [5.74, 6) is -0.427. The van der Waals surface area contributed by atoms with E-state index in [0.717, 1.165) is 0 Å². The van der Waals surface area contributed by atoms with Gasteiger partial charge in [-0.05, 0) is 6.92 Å². The second-order valence-electron chi connectivity index (χ2n) is 3.81. The number of amides is 1. The van der Waals surface area contributed by atoms with E-state index in [4.69, 9.17) is 4.74 Å². The van der Waals surface area contributed by atoms with Crippen LogP contribution in [0.3, 0.4) is 0 Å². The Morgan fingerprint density at radius 1 is 1.56 bits per heavy atom. The molecule has 0 spiro atoms. The molecule has 1 unspecified atom stereocenters. The topological polar surface area (TPSA) is 67.9 Å². The number of hydrogen-bond acceptors (Lipinski definition) is 5. The lowest BCUT2D eigenvalue weighted by Gasteiger charge is -2.32. The first kappa shape index (κ1) is 17.2. The molecule has 0 aromatic heterocycles. The molecule has 7 heteroatoms. The van der Waals surface area contributed by atoms with E-state index < -0.39 is 6.04 Å². The SMILES string of the molecule is CCOCCN1CCNC(CC(=O)OC)C1=O.Cl. The average Bonchev–Trinajstić information content (AvgIpc) is 2.34. The summed E-state index contributed by atoms with van der Waals surface area (Å²) in [7, 11) is 1.32. The van der Waals surface area contributed by atoms with Crippen LogP contribution >= 0.6 is 12.4 Å². The molecule has 1 amide bonds. The lowest BCUT2D eigenvalue weighted by atomic mass is 10.1.